The van der Waals surface area contributed by atoms with E-state index in [9.17, 15) is 14.4 Å². The van der Waals surface area contributed by atoms with Crippen molar-refractivity contribution in [2.24, 2.45) is 0 Å². The largest absolute Gasteiger partial charge is 0.340 e. The maximum Gasteiger partial charge on any atom is 0.207 e. The number of Topliss-reactive ketones (excluding diaryl/α,β-unsaturated/α-hetero) is 2. The van der Waals surface area contributed by atoms with Gasteiger partial charge in [-0.25, -0.2) is 15.0 Å². The van der Waals surface area contributed by atoms with Crippen LogP contribution in [0.2, 0.25) is 0 Å². The molecule has 8 nitrogen and oxygen atoms in total. The number of rotatable bonds is 2. The summed E-state index contributed by atoms with van der Waals surface area (Å²) in [6.45, 7) is 4.14. The van der Waals surface area contributed by atoms with Crippen LogP contribution >= 0.6 is 15.9 Å². The Labute approximate surface area is 206 Å². The van der Waals surface area contributed by atoms with Crippen LogP contribution in [0.25, 0.3) is 11.2 Å². The molecule has 2 bridgehead atoms. The Morgan fingerprint density at radius 2 is 1.60 bits per heavy atom. The number of allylic oxidation sites excluding steroid dienone is 8. The molecule has 0 saturated heterocycles. The van der Waals surface area contributed by atoms with Crippen molar-refractivity contribution >= 4 is 50.3 Å². The van der Waals surface area contributed by atoms with Crippen molar-refractivity contribution in [3.8, 4) is 0 Å². The number of ketones is 3. The third kappa shape index (κ3) is 2.50. The summed E-state index contributed by atoms with van der Waals surface area (Å²) >= 11 is 3.39. The van der Waals surface area contributed by atoms with Gasteiger partial charge >= 0.3 is 0 Å². The number of benzene rings is 1. The van der Waals surface area contributed by atoms with Gasteiger partial charge in [-0.3, -0.25) is 14.4 Å². The third-order valence-electron chi connectivity index (χ3n) is 7.00. The summed E-state index contributed by atoms with van der Waals surface area (Å²) in [5, 5.41) is 3.02. The van der Waals surface area contributed by atoms with E-state index in [1.54, 1.807) is 6.08 Å². The highest BCUT2D eigenvalue weighted by atomic mass is 79.9. The lowest BCUT2D eigenvalue weighted by atomic mass is 9.56. The molecule has 168 valence electrons. The molecule has 2 heterocycles. The number of carbonyl (C=O) groups excluding carboxylic acids is 3. The monoisotopic (exact) mass is 523 g/mol. The van der Waals surface area contributed by atoms with Crippen molar-refractivity contribution < 1.29 is 14.4 Å². The summed E-state index contributed by atoms with van der Waals surface area (Å²) in [6.07, 6.45) is 5.97. The molecule has 2 atom stereocenters. The lowest BCUT2D eigenvalue weighted by Gasteiger charge is -2.45. The van der Waals surface area contributed by atoms with E-state index in [1.165, 1.54) is 18.7 Å². The van der Waals surface area contributed by atoms with E-state index in [2.05, 4.69) is 47.8 Å². The van der Waals surface area contributed by atoms with Gasteiger partial charge in [0.2, 0.25) is 5.78 Å². The van der Waals surface area contributed by atoms with E-state index in [0.717, 1.165) is 16.7 Å². The van der Waals surface area contributed by atoms with Crippen molar-refractivity contribution in [3.63, 3.8) is 0 Å². The minimum absolute atomic E-state index is 0.0631. The SMILES string of the molecule is C=C1C=CC(=O)C2=C1C1C3=C(C(=O)C(Nc4ncnc5nc[nH]c45)=C(Br)C3=O)C2c2ccccc21. The number of imidazole rings is 1. The second kappa shape index (κ2) is 6.89. The minimum Gasteiger partial charge on any atom is -0.340 e. The number of halogens is 1. The first-order valence-corrected chi connectivity index (χ1v) is 11.7. The van der Waals surface area contributed by atoms with Crippen molar-refractivity contribution in [3.05, 3.63) is 105 Å². The zero-order chi connectivity index (χ0) is 24.0. The lowest BCUT2D eigenvalue weighted by Crippen LogP contribution is -2.41. The molecule has 8 rings (SSSR count). The summed E-state index contributed by atoms with van der Waals surface area (Å²) in [7, 11) is 0. The standard InChI is InChI=1S/C26H14BrN5O3/c1-10-6-7-13(33)17-14(10)15-11-4-2-3-5-12(11)16(17)19-18(15)23(34)20(27)21(24(19)35)32-26-22-25(29-8-28-22)30-9-31-26/h2-9,15-16H,1H2,(H2,28,29,30,31,32). The number of anilines is 1. The van der Waals surface area contributed by atoms with Gasteiger partial charge in [-0.2, -0.15) is 0 Å². The zero-order valence-corrected chi connectivity index (χ0v) is 19.5. The molecule has 2 aromatic heterocycles. The molecule has 0 radical (unpaired) electrons. The molecular weight excluding hydrogens is 510 g/mol. The smallest absolute Gasteiger partial charge is 0.207 e. The summed E-state index contributed by atoms with van der Waals surface area (Å²) in [6, 6.07) is 7.66. The van der Waals surface area contributed by atoms with E-state index in [0.29, 0.717) is 39.3 Å². The van der Waals surface area contributed by atoms with Crippen LogP contribution in [0.4, 0.5) is 5.82 Å². The second-order valence-electron chi connectivity index (χ2n) is 8.67. The molecule has 0 spiro atoms. The number of nitrogens with one attached hydrogen (secondary N) is 2. The van der Waals surface area contributed by atoms with Crippen LogP contribution in [0.15, 0.2) is 93.7 Å². The lowest BCUT2D eigenvalue weighted by molar-refractivity contribution is -0.116. The Morgan fingerprint density at radius 1 is 0.886 bits per heavy atom. The topological polar surface area (TPSA) is 118 Å². The fourth-order valence-electron chi connectivity index (χ4n) is 5.62. The molecule has 0 fully saturated rings. The number of aromatic nitrogens is 4. The van der Waals surface area contributed by atoms with E-state index in [4.69, 9.17) is 0 Å². The van der Waals surface area contributed by atoms with Gasteiger partial charge in [-0.1, -0.05) is 36.9 Å². The molecule has 2 N–H and O–H groups in total. The van der Waals surface area contributed by atoms with Gasteiger partial charge < -0.3 is 10.3 Å². The minimum atomic E-state index is -0.651. The normalized spacial score (nSPS) is 22.8. The third-order valence-corrected chi connectivity index (χ3v) is 7.76. The van der Waals surface area contributed by atoms with Gasteiger partial charge in [0.1, 0.15) is 17.5 Å². The Balaban J connectivity index is 1.42. The van der Waals surface area contributed by atoms with Crippen LogP contribution in [-0.4, -0.2) is 37.3 Å². The van der Waals surface area contributed by atoms with Crippen molar-refractivity contribution in [2.75, 3.05) is 5.32 Å². The molecule has 9 heteroatoms. The second-order valence-corrected chi connectivity index (χ2v) is 9.46. The molecule has 0 saturated carbocycles. The highest BCUT2D eigenvalue weighted by molar-refractivity contribution is 9.12. The Hall–Kier alpha value is -4.24. The first-order valence-electron chi connectivity index (χ1n) is 10.9. The van der Waals surface area contributed by atoms with E-state index in [1.807, 2.05) is 24.3 Å². The molecule has 35 heavy (non-hydrogen) atoms. The van der Waals surface area contributed by atoms with Crippen molar-refractivity contribution in [2.45, 2.75) is 11.8 Å². The van der Waals surface area contributed by atoms with Crippen LogP contribution in [0.3, 0.4) is 0 Å². The Bertz CT molecular complexity index is 1720. The molecule has 1 aromatic carbocycles. The predicted octanol–water partition coefficient (Wildman–Crippen LogP) is 3.71. The fourth-order valence-corrected chi connectivity index (χ4v) is 6.11. The molecule has 3 aromatic rings. The molecule has 5 aliphatic rings. The first kappa shape index (κ1) is 20.2. The van der Waals surface area contributed by atoms with E-state index in [-0.39, 0.29) is 27.5 Å². The van der Waals surface area contributed by atoms with Gasteiger partial charge in [0.25, 0.3) is 0 Å². The summed E-state index contributed by atoms with van der Waals surface area (Å²) in [5.74, 6) is -1.70. The summed E-state index contributed by atoms with van der Waals surface area (Å²) < 4.78 is 0.114. The number of H-pyrrole nitrogens is 1. The number of aromatic amines is 1. The average Bonchev–Trinajstić information content (AvgIpc) is 3.36. The number of carbonyl (C=O) groups is 3. The number of nitrogens with zero attached hydrogens (tertiary/aromatic N) is 3. The molecule has 5 aliphatic carbocycles. The number of hydrogen-bond donors (Lipinski definition) is 2. The van der Waals surface area contributed by atoms with Crippen molar-refractivity contribution in [1.82, 2.24) is 19.9 Å². The van der Waals surface area contributed by atoms with Crippen LogP contribution in [0.1, 0.15) is 23.0 Å². The quantitative estimate of drug-likeness (QED) is 0.491. The summed E-state index contributed by atoms with van der Waals surface area (Å²) in [4.78, 5) is 56.4. The maximum absolute atomic E-state index is 14.1. The zero-order valence-electron chi connectivity index (χ0n) is 17.9. The van der Waals surface area contributed by atoms with Gasteiger partial charge in [0.15, 0.2) is 23.0 Å². The maximum atomic E-state index is 14.1. The van der Waals surface area contributed by atoms with Crippen LogP contribution in [-0.2, 0) is 14.4 Å². The average molecular weight is 524 g/mol. The number of hydrogen-bond acceptors (Lipinski definition) is 7. The Morgan fingerprint density at radius 3 is 2.37 bits per heavy atom. The van der Waals surface area contributed by atoms with Crippen LogP contribution in [0, 0.1) is 0 Å². The van der Waals surface area contributed by atoms with Crippen LogP contribution in [0.5, 0.6) is 0 Å². The van der Waals surface area contributed by atoms with E-state index >= 15 is 0 Å². The Kier molecular flexibility index (Phi) is 3.97. The highest BCUT2D eigenvalue weighted by Gasteiger charge is 2.53. The molecule has 0 aliphatic heterocycles. The van der Waals surface area contributed by atoms with Gasteiger partial charge in [0.05, 0.1) is 10.8 Å². The van der Waals surface area contributed by atoms with E-state index < -0.39 is 11.8 Å². The number of fused-ring (bicyclic) bond motifs is 1. The first-order chi connectivity index (χ1) is 17.0. The molecular formula is C26H14BrN5O3. The van der Waals surface area contributed by atoms with Gasteiger partial charge in [-0.05, 0) is 44.3 Å². The molecule has 0 amide bonds. The van der Waals surface area contributed by atoms with Gasteiger partial charge in [0, 0.05) is 28.6 Å². The van der Waals surface area contributed by atoms with Crippen LogP contribution < -0.4 is 5.32 Å². The molecule has 2 unspecified atom stereocenters. The fraction of sp³-hybridized carbons (Fsp3) is 0.0769. The summed E-state index contributed by atoms with van der Waals surface area (Å²) in [5.41, 5.74) is 5.44. The van der Waals surface area contributed by atoms with Crippen molar-refractivity contribution in [1.29, 1.82) is 0 Å². The van der Waals surface area contributed by atoms with Gasteiger partial charge in [-0.15, -0.1) is 0 Å². The highest BCUT2D eigenvalue weighted by Crippen LogP contribution is 2.60. The predicted molar refractivity (Wildman–Crippen MR) is 131 cm³/mol.